The second-order valence-corrected chi connectivity index (χ2v) is 30.2. The fraction of sp³-hybridized carbons (Fsp3) is 0.200. The van der Waals surface area contributed by atoms with Crippen molar-refractivity contribution in [3.63, 3.8) is 0 Å². The maximum Gasteiger partial charge on any atom is 0.227 e. The van der Waals surface area contributed by atoms with Gasteiger partial charge in [0.2, 0.25) is 45.6 Å². The molecule has 8 aromatic carbocycles. The van der Waals surface area contributed by atoms with E-state index in [-0.39, 0.29) is 0 Å². The van der Waals surface area contributed by atoms with Gasteiger partial charge in [-0.25, -0.2) is 38.2 Å². The highest BCUT2D eigenvalue weighted by Crippen LogP contribution is 2.44. The second-order valence-electron chi connectivity index (χ2n) is 30.2. The Hall–Kier alpha value is -12.8. The number of aryl methyl sites for hydroxylation is 9. The van der Waals surface area contributed by atoms with Crippen LogP contribution in [0.2, 0.25) is 0 Å². The third kappa shape index (κ3) is 12.7. The van der Waals surface area contributed by atoms with Gasteiger partial charge in [0.05, 0.1) is 44.3 Å². The highest BCUT2D eigenvalue weighted by molar-refractivity contribution is 6.15. The number of benzene rings is 8. The maximum absolute atomic E-state index is 8.87. The summed E-state index contributed by atoms with van der Waals surface area (Å²) >= 11 is 0. The number of pyridine rings is 8. The molecule has 1 unspecified atom stereocenters. The summed E-state index contributed by atoms with van der Waals surface area (Å²) in [5.74, 6) is -2.78. The first kappa shape index (κ1) is 61.0. The van der Waals surface area contributed by atoms with E-state index < -0.39 is 31.4 Å². The molecular formula is C100H90N8O4+4. The van der Waals surface area contributed by atoms with Crippen molar-refractivity contribution >= 4 is 132 Å². The highest BCUT2D eigenvalue weighted by Gasteiger charge is 2.29. The van der Waals surface area contributed by atoms with E-state index in [0.717, 1.165) is 208 Å². The average Bonchev–Trinajstić information content (AvgIpc) is 1.61. The molecule has 12 heterocycles. The number of hydrogen-bond acceptors (Lipinski definition) is 8. The van der Waals surface area contributed by atoms with Gasteiger partial charge in [0, 0.05) is 123 Å². The molecule has 0 N–H and O–H groups in total. The minimum absolute atomic E-state index is 0.311. The first-order valence-electron chi connectivity index (χ1n) is 42.7. The first-order chi connectivity index (χ1) is 57.8. The highest BCUT2D eigenvalue weighted by atomic mass is 16.4. The van der Waals surface area contributed by atoms with Gasteiger partial charge < -0.3 is 17.7 Å². The Labute approximate surface area is 663 Å². The minimum Gasteiger partial charge on any atom is -0.437 e. The zero-order valence-electron chi connectivity index (χ0n) is 73.6. The number of rotatable bonds is 7. The third-order valence-electron chi connectivity index (χ3n) is 22.4. The standard InChI is InChI=1S/C27H25N2O.2C25H23N2O.C23H19N2O/c1-17-11-13-21-22-15-19-9-5-6-10-23(19)28-27(22)30-26(21)25(17)24-14-12-20(16-29(24)2)18-7-3-4-8-18;2*1-15(2)18-10-12-22(27(4)14-18)23-16(3)9-11-19-20-13-17-7-5-6-8-21(17)26-25(20)28-24(19)23;1-14-8-11-20(25(3)13-14)21-15(2)9-10-17-18-12-16-6-4-5-7-19(16)24-23(18)26-22(17)21/h5-6,9-16,18H,3-4,7-8H2,1-2H3;2*5-15H,1-4H3;4-13H,1-3H3/q4*+1/i18D;1D3,15D;15D;1D3. The van der Waals surface area contributed by atoms with E-state index >= 15 is 0 Å². The summed E-state index contributed by atoms with van der Waals surface area (Å²) in [4.78, 5) is 18.9. The number of para-hydroxylation sites is 4. The van der Waals surface area contributed by atoms with Crippen molar-refractivity contribution in [3.8, 4) is 45.0 Å². The summed E-state index contributed by atoms with van der Waals surface area (Å²) in [5, 5.41) is 12.5. The average molecular weight is 1480 g/mol. The normalized spacial score (nSPS) is 15.0. The van der Waals surface area contributed by atoms with E-state index in [0.29, 0.717) is 34.0 Å². The number of aromatic nitrogens is 8. The molecule has 1 aliphatic carbocycles. The lowest BCUT2D eigenvalue weighted by atomic mass is 9.96. The Kier molecular flexibility index (Phi) is 15.6. The van der Waals surface area contributed by atoms with Crippen LogP contribution >= 0.6 is 0 Å². The molecule has 21 rings (SSSR count). The molecule has 20 aromatic rings. The summed E-state index contributed by atoms with van der Waals surface area (Å²) in [6, 6.07) is 73.1. The molecule has 112 heavy (non-hydrogen) atoms. The summed E-state index contributed by atoms with van der Waals surface area (Å²) in [6.07, 6.45) is 11.8. The van der Waals surface area contributed by atoms with E-state index in [1.165, 1.54) is 12.5 Å². The quantitative estimate of drug-likeness (QED) is 0.145. The van der Waals surface area contributed by atoms with Gasteiger partial charge in [0.1, 0.15) is 28.2 Å². The smallest absolute Gasteiger partial charge is 0.227 e. The molecule has 1 atom stereocenters. The number of fused-ring (bicyclic) bond motifs is 16. The van der Waals surface area contributed by atoms with Crippen molar-refractivity contribution in [2.45, 2.75) is 106 Å². The monoisotopic (exact) mass is 1480 g/mol. The lowest BCUT2D eigenvalue weighted by Gasteiger charge is -2.10. The second kappa shape index (κ2) is 28.6. The van der Waals surface area contributed by atoms with Gasteiger partial charge in [-0.1, -0.05) is 162 Å². The summed E-state index contributed by atoms with van der Waals surface area (Å²) < 4.78 is 105. The lowest BCUT2D eigenvalue weighted by Crippen LogP contribution is -2.31. The number of furan rings is 4. The molecule has 0 aliphatic heterocycles. The molecule has 1 saturated carbocycles. The largest absolute Gasteiger partial charge is 0.437 e. The van der Waals surface area contributed by atoms with Crippen LogP contribution in [-0.2, 0) is 28.2 Å². The van der Waals surface area contributed by atoms with Crippen molar-refractivity contribution in [1.82, 2.24) is 19.9 Å². The van der Waals surface area contributed by atoms with Gasteiger partial charge in [-0.05, 0) is 160 Å². The van der Waals surface area contributed by atoms with Crippen LogP contribution in [0.15, 0.2) is 261 Å². The predicted octanol–water partition coefficient (Wildman–Crippen LogP) is 23.9. The van der Waals surface area contributed by atoms with E-state index in [2.05, 4.69) is 139 Å². The maximum atomic E-state index is 8.87. The minimum atomic E-state index is -2.43. The van der Waals surface area contributed by atoms with Gasteiger partial charge in [-0.2, -0.15) is 0 Å². The molecule has 12 heteroatoms. The van der Waals surface area contributed by atoms with Crippen LogP contribution < -0.4 is 18.3 Å². The zero-order chi connectivity index (χ0) is 84.7. The Morgan fingerprint density at radius 1 is 0.357 bits per heavy atom. The van der Waals surface area contributed by atoms with Crippen LogP contribution in [0.5, 0.6) is 0 Å². The molecule has 12 aromatic heterocycles. The SMILES string of the molecule is [2H]C(C)(C)c1ccc(-c2c(C)ccc3c2oc2nc4ccccc4cc23)[n+](C)c1.[2H]C([2H])([2H])C([2H])(C)c1ccc(-c2c(C)ccc3c2oc2nc4ccccc4cc23)[n+](C)c1.[2H]C([2H])([2H])c1ccc(-c2c(C)ccc3c2oc2nc4ccccc4cc23)[n+](C)c1.[2H]C1(c2ccc(-c3c(C)ccc4c3oc3nc5ccccc5cc34)[n+](C)c2)CCCC1. The molecule has 12 nitrogen and oxygen atoms in total. The third-order valence-corrected chi connectivity index (χ3v) is 22.4. The Morgan fingerprint density at radius 3 is 0.982 bits per heavy atom. The molecule has 0 saturated heterocycles. The van der Waals surface area contributed by atoms with Crippen LogP contribution in [0.1, 0.15) is 128 Å². The van der Waals surface area contributed by atoms with Crippen LogP contribution in [0, 0.1) is 34.5 Å². The van der Waals surface area contributed by atoms with E-state index in [1.807, 2.05) is 167 Å². The number of nitrogens with zero attached hydrogens (tertiary/aromatic N) is 8. The molecule has 0 radical (unpaired) electrons. The van der Waals surface area contributed by atoms with Gasteiger partial charge in [-0.15, -0.1) is 0 Å². The fourth-order valence-corrected chi connectivity index (χ4v) is 16.4. The van der Waals surface area contributed by atoms with Gasteiger partial charge in [-0.3, -0.25) is 0 Å². The van der Waals surface area contributed by atoms with Gasteiger partial charge in [0.25, 0.3) is 0 Å². The van der Waals surface area contributed by atoms with Crippen molar-refractivity contribution in [2.24, 2.45) is 28.2 Å². The lowest BCUT2D eigenvalue weighted by molar-refractivity contribution is -0.661. The van der Waals surface area contributed by atoms with Crippen LogP contribution in [0.4, 0.5) is 0 Å². The fourth-order valence-electron chi connectivity index (χ4n) is 16.4. The molecular weight excluding hydrogens is 1380 g/mol. The topological polar surface area (TPSA) is 120 Å². The molecule has 0 spiro atoms. The Bertz CT molecular complexity index is 7400. The van der Waals surface area contributed by atoms with E-state index in [1.54, 1.807) is 24.5 Å². The summed E-state index contributed by atoms with van der Waals surface area (Å²) in [7, 11) is 7.82. The summed E-state index contributed by atoms with van der Waals surface area (Å²) in [6.45, 7) is 8.96. The van der Waals surface area contributed by atoms with E-state index in [4.69, 9.17) is 49.9 Å². The summed E-state index contributed by atoms with van der Waals surface area (Å²) in [5.41, 5.74) is 24.6. The van der Waals surface area contributed by atoms with E-state index in [9.17, 15) is 0 Å². The van der Waals surface area contributed by atoms with Crippen molar-refractivity contribution < 1.29 is 48.3 Å². The molecule has 0 amide bonds. The Balaban J connectivity index is 0.000000111. The molecule has 1 aliphatic rings. The Morgan fingerprint density at radius 2 is 0.670 bits per heavy atom. The van der Waals surface area contributed by atoms with Crippen molar-refractivity contribution in [2.75, 3.05) is 0 Å². The molecule has 1 fully saturated rings. The van der Waals surface area contributed by atoms with Crippen LogP contribution in [-0.4, -0.2) is 19.9 Å². The first-order valence-corrected chi connectivity index (χ1v) is 38.2. The molecule has 0 bridgehead atoms. The van der Waals surface area contributed by atoms with Crippen LogP contribution in [0.3, 0.4) is 0 Å². The van der Waals surface area contributed by atoms with Crippen molar-refractivity contribution in [1.29, 1.82) is 0 Å². The van der Waals surface area contributed by atoms with Crippen LogP contribution in [0.25, 0.3) is 177 Å². The van der Waals surface area contributed by atoms with Gasteiger partial charge in [0.15, 0.2) is 47.1 Å². The van der Waals surface area contributed by atoms with Crippen molar-refractivity contribution in [3.05, 3.63) is 288 Å². The number of hydrogen-bond donors (Lipinski definition) is 0. The predicted molar refractivity (Wildman–Crippen MR) is 456 cm³/mol. The van der Waals surface area contributed by atoms with Gasteiger partial charge >= 0.3 is 0 Å². The zero-order valence-corrected chi connectivity index (χ0v) is 64.6. The molecule has 550 valence electrons.